The van der Waals surface area contributed by atoms with E-state index in [0.29, 0.717) is 11.5 Å². The van der Waals surface area contributed by atoms with Crippen LogP contribution in [0.25, 0.3) is 28.4 Å². The van der Waals surface area contributed by atoms with Crippen LogP contribution in [0.4, 0.5) is 0 Å². The number of aromatic nitrogens is 5. The molecule has 0 saturated carbocycles. The van der Waals surface area contributed by atoms with E-state index in [1.807, 2.05) is 37.3 Å². The van der Waals surface area contributed by atoms with Crippen LogP contribution >= 0.6 is 15.9 Å². The minimum Gasteiger partial charge on any atom is -0.356 e. The lowest BCUT2D eigenvalue weighted by molar-refractivity contribution is 0.427. The molecule has 0 spiro atoms. The summed E-state index contributed by atoms with van der Waals surface area (Å²) in [6, 6.07) is 9.85. The fourth-order valence-electron chi connectivity index (χ4n) is 2.36. The van der Waals surface area contributed by atoms with Crippen molar-refractivity contribution in [2.75, 3.05) is 0 Å². The molecule has 0 unspecified atom stereocenters. The van der Waals surface area contributed by atoms with Gasteiger partial charge in [0.2, 0.25) is 0 Å². The van der Waals surface area contributed by atoms with Crippen molar-refractivity contribution < 1.29 is 4.52 Å². The number of fused-ring (bicyclic) bond motifs is 1. The lowest BCUT2D eigenvalue weighted by Crippen LogP contribution is -1.99. The first-order valence-corrected chi connectivity index (χ1v) is 7.40. The highest BCUT2D eigenvalue weighted by Crippen LogP contribution is 2.32. The Kier molecular flexibility index (Phi) is 3.00. The maximum absolute atomic E-state index is 5.40. The third-order valence-electron chi connectivity index (χ3n) is 3.30. The Morgan fingerprint density at radius 2 is 2.09 bits per heavy atom. The van der Waals surface area contributed by atoms with E-state index in [2.05, 4.69) is 36.2 Å². The molecule has 3 heterocycles. The SMILES string of the molecule is Cc1cc(-c2cnc3ncnn3c2-c2cccc(Br)c2)on1. The van der Waals surface area contributed by atoms with Crippen molar-refractivity contribution in [1.82, 2.24) is 24.7 Å². The molecule has 0 aliphatic carbocycles. The van der Waals surface area contributed by atoms with Crippen molar-refractivity contribution in [2.24, 2.45) is 0 Å². The molecule has 0 radical (unpaired) electrons. The largest absolute Gasteiger partial charge is 0.356 e. The van der Waals surface area contributed by atoms with E-state index in [-0.39, 0.29) is 0 Å². The molecule has 22 heavy (non-hydrogen) atoms. The van der Waals surface area contributed by atoms with Gasteiger partial charge in [0.25, 0.3) is 5.78 Å². The molecule has 0 bridgehead atoms. The van der Waals surface area contributed by atoms with Gasteiger partial charge in [-0.2, -0.15) is 14.6 Å². The van der Waals surface area contributed by atoms with Gasteiger partial charge in [-0.05, 0) is 19.1 Å². The van der Waals surface area contributed by atoms with Gasteiger partial charge >= 0.3 is 0 Å². The summed E-state index contributed by atoms with van der Waals surface area (Å²) < 4.78 is 8.09. The van der Waals surface area contributed by atoms with Gasteiger partial charge in [0.15, 0.2) is 5.76 Å². The first kappa shape index (κ1) is 13.1. The maximum atomic E-state index is 5.40. The molecular weight excluding hydrogens is 346 g/mol. The van der Waals surface area contributed by atoms with Crippen LogP contribution in [0.3, 0.4) is 0 Å². The lowest BCUT2D eigenvalue weighted by atomic mass is 10.1. The summed E-state index contributed by atoms with van der Waals surface area (Å²) in [6.45, 7) is 1.88. The van der Waals surface area contributed by atoms with Crippen LogP contribution in [-0.2, 0) is 0 Å². The molecule has 0 fully saturated rings. The van der Waals surface area contributed by atoms with Crippen molar-refractivity contribution in [3.63, 3.8) is 0 Å². The van der Waals surface area contributed by atoms with E-state index in [1.165, 1.54) is 6.33 Å². The molecule has 4 rings (SSSR count). The highest BCUT2D eigenvalue weighted by atomic mass is 79.9. The molecular formula is C15H10BrN5O. The Bertz CT molecular complexity index is 975. The highest BCUT2D eigenvalue weighted by Gasteiger charge is 2.17. The number of hydrogen-bond acceptors (Lipinski definition) is 5. The minimum absolute atomic E-state index is 0.537. The Balaban J connectivity index is 2.07. The van der Waals surface area contributed by atoms with Crippen LogP contribution in [0.5, 0.6) is 0 Å². The summed E-state index contributed by atoms with van der Waals surface area (Å²) in [6.07, 6.45) is 3.22. The lowest BCUT2D eigenvalue weighted by Gasteiger charge is -2.09. The average molecular weight is 356 g/mol. The molecule has 108 valence electrons. The van der Waals surface area contributed by atoms with Crippen molar-refractivity contribution in [1.29, 1.82) is 0 Å². The maximum Gasteiger partial charge on any atom is 0.252 e. The molecule has 7 heteroatoms. The van der Waals surface area contributed by atoms with E-state index in [9.17, 15) is 0 Å². The monoisotopic (exact) mass is 355 g/mol. The van der Waals surface area contributed by atoms with Gasteiger partial charge in [0, 0.05) is 22.3 Å². The number of nitrogens with zero attached hydrogens (tertiary/aromatic N) is 5. The zero-order chi connectivity index (χ0) is 15.1. The zero-order valence-corrected chi connectivity index (χ0v) is 13.1. The summed E-state index contributed by atoms with van der Waals surface area (Å²) in [7, 11) is 0. The van der Waals surface area contributed by atoms with E-state index < -0.39 is 0 Å². The van der Waals surface area contributed by atoms with Crippen LogP contribution in [0.2, 0.25) is 0 Å². The molecule has 0 atom stereocenters. The molecule has 0 saturated heterocycles. The number of hydrogen-bond donors (Lipinski definition) is 0. The van der Waals surface area contributed by atoms with Crippen molar-refractivity contribution in [2.45, 2.75) is 6.92 Å². The summed E-state index contributed by atoms with van der Waals surface area (Å²) in [5, 5.41) is 8.24. The van der Waals surface area contributed by atoms with Crippen molar-refractivity contribution >= 4 is 21.7 Å². The highest BCUT2D eigenvalue weighted by molar-refractivity contribution is 9.10. The number of aryl methyl sites for hydroxylation is 1. The molecule has 0 aliphatic heterocycles. The van der Waals surface area contributed by atoms with E-state index in [1.54, 1.807) is 10.7 Å². The van der Waals surface area contributed by atoms with E-state index in [4.69, 9.17) is 4.52 Å². The summed E-state index contributed by atoms with van der Waals surface area (Å²) in [5.74, 6) is 1.19. The summed E-state index contributed by atoms with van der Waals surface area (Å²) in [4.78, 5) is 8.48. The Morgan fingerprint density at radius 3 is 2.86 bits per heavy atom. The summed E-state index contributed by atoms with van der Waals surface area (Å²) in [5.41, 5.74) is 3.47. The zero-order valence-electron chi connectivity index (χ0n) is 11.6. The van der Waals surface area contributed by atoms with Gasteiger partial charge in [-0.15, -0.1) is 0 Å². The van der Waals surface area contributed by atoms with Crippen molar-refractivity contribution in [3.8, 4) is 22.6 Å². The molecule has 0 N–H and O–H groups in total. The van der Waals surface area contributed by atoms with E-state index in [0.717, 1.165) is 27.0 Å². The molecule has 1 aromatic carbocycles. The quantitative estimate of drug-likeness (QED) is 0.550. The smallest absolute Gasteiger partial charge is 0.252 e. The van der Waals surface area contributed by atoms with Crippen LogP contribution in [-0.4, -0.2) is 24.7 Å². The van der Waals surface area contributed by atoms with Gasteiger partial charge in [0.05, 0.1) is 17.0 Å². The number of halogens is 1. The van der Waals surface area contributed by atoms with Gasteiger partial charge in [-0.1, -0.05) is 33.2 Å². The molecule has 4 aromatic rings. The topological polar surface area (TPSA) is 69.1 Å². The van der Waals surface area contributed by atoms with Crippen LogP contribution < -0.4 is 0 Å². The molecule has 6 nitrogen and oxygen atoms in total. The first-order chi connectivity index (χ1) is 10.7. The number of benzene rings is 1. The van der Waals surface area contributed by atoms with Gasteiger partial charge in [-0.3, -0.25) is 0 Å². The predicted octanol–water partition coefficient (Wildman–Crippen LogP) is 3.52. The average Bonchev–Trinajstić information content (AvgIpc) is 3.14. The normalized spacial score (nSPS) is 11.2. The third-order valence-corrected chi connectivity index (χ3v) is 3.79. The van der Waals surface area contributed by atoms with Crippen LogP contribution in [0.1, 0.15) is 5.69 Å². The van der Waals surface area contributed by atoms with Crippen molar-refractivity contribution in [3.05, 3.63) is 53.0 Å². The van der Waals surface area contributed by atoms with Crippen LogP contribution in [0.15, 0.2) is 51.9 Å². The van der Waals surface area contributed by atoms with Gasteiger partial charge in [0.1, 0.15) is 6.33 Å². The summed E-state index contributed by atoms with van der Waals surface area (Å²) >= 11 is 3.50. The standard InChI is InChI=1S/C15H10BrN5O/c1-9-5-13(22-20-9)12-7-17-15-18-8-19-21(15)14(12)10-3-2-4-11(16)6-10/h2-8H,1H3. The number of rotatable bonds is 2. The second kappa shape index (κ2) is 5.03. The fourth-order valence-corrected chi connectivity index (χ4v) is 2.76. The van der Waals surface area contributed by atoms with E-state index >= 15 is 0 Å². The molecule has 3 aromatic heterocycles. The molecule has 0 amide bonds. The third kappa shape index (κ3) is 2.10. The predicted molar refractivity (Wildman–Crippen MR) is 84.2 cm³/mol. The first-order valence-electron chi connectivity index (χ1n) is 6.61. The Hall–Kier alpha value is -2.54. The minimum atomic E-state index is 0.537. The van der Waals surface area contributed by atoms with Gasteiger partial charge < -0.3 is 4.52 Å². The second-order valence-electron chi connectivity index (χ2n) is 4.84. The van der Waals surface area contributed by atoms with Crippen LogP contribution in [0, 0.1) is 6.92 Å². The fraction of sp³-hybridized carbons (Fsp3) is 0.0667. The Morgan fingerprint density at radius 1 is 1.18 bits per heavy atom. The molecule has 0 aliphatic rings. The van der Waals surface area contributed by atoms with Gasteiger partial charge in [-0.25, -0.2) is 4.98 Å². The Labute approximate surface area is 133 Å². The second-order valence-corrected chi connectivity index (χ2v) is 5.75.